The van der Waals surface area contributed by atoms with Crippen LogP contribution in [0, 0.1) is 11.3 Å². The van der Waals surface area contributed by atoms with Gasteiger partial charge in [0, 0.05) is 12.0 Å². The van der Waals surface area contributed by atoms with Gasteiger partial charge >= 0.3 is 0 Å². The maximum Gasteiger partial charge on any atom is 0.119 e. The van der Waals surface area contributed by atoms with Gasteiger partial charge in [-0.2, -0.15) is 5.26 Å². The quantitative estimate of drug-likeness (QED) is 0.793. The lowest BCUT2D eigenvalue weighted by atomic mass is 10.1. The Morgan fingerprint density at radius 1 is 1.41 bits per heavy atom. The average Bonchev–Trinajstić information content (AvgIpc) is 2.28. The van der Waals surface area contributed by atoms with Crippen LogP contribution >= 0.6 is 0 Å². The maximum atomic E-state index is 9.23. The van der Waals surface area contributed by atoms with Gasteiger partial charge in [0.15, 0.2) is 0 Å². The minimum Gasteiger partial charge on any atom is -0.491 e. The predicted octanol–water partition coefficient (Wildman–Crippen LogP) is 2.70. The van der Waals surface area contributed by atoms with E-state index in [0.29, 0.717) is 17.7 Å². The van der Waals surface area contributed by atoms with Gasteiger partial charge in [-0.15, -0.1) is 0 Å². The summed E-state index contributed by atoms with van der Waals surface area (Å²) in [6.45, 7) is 7.46. The van der Waals surface area contributed by atoms with Crippen molar-refractivity contribution >= 4 is 5.76 Å². The highest BCUT2D eigenvalue weighted by atomic mass is 16.5. The molecule has 0 aliphatic carbocycles. The maximum absolute atomic E-state index is 9.23. The summed E-state index contributed by atoms with van der Waals surface area (Å²) in [4.78, 5) is 0. The van der Waals surface area contributed by atoms with Crippen LogP contribution in [-0.4, -0.2) is 17.3 Å². The molecule has 0 saturated carbocycles. The summed E-state index contributed by atoms with van der Waals surface area (Å²) in [5, 5.41) is 17.9. The van der Waals surface area contributed by atoms with Crippen molar-refractivity contribution < 1.29 is 9.84 Å². The van der Waals surface area contributed by atoms with Crippen molar-refractivity contribution in [2.45, 2.75) is 32.5 Å². The molecular weight excluding hydrogens is 214 g/mol. The van der Waals surface area contributed by atoms with Crippen LogP contribution in [0.1, 0.15) is 31.4 Å². The van der Waals surface area contributed by atoms with E-state index >= 15 is 0 Å². The summed E-state index contributed by atoms with van der Waals surface area (Å²) < 4.78 is 5.58. The fourth-order valence-corrected chi connectivity index (χ4v) is 1.57. The van der Waals surface area contributed by atoms with E-state index in [4.69, 9.17) is 10.00 Å². The fourth-order valence-electron chi connectivity index (χ4n) is 1.57. The van der Waals surface area contributed by atoms with Crippen molar-refractivity contribution in [3.8, 4) is 6.07 Å². The third kappa shape index (κ3) is 4.29. The summed E-state index contributed by atoms with van der Waals surface area (Å²) in [7, 11) is 0. The Hall–Kier alpha value is -1.79. The second kappa shape index (κ2) is 6.07. The highest BCUT2D eigenvalue weighted by molar-refractivity contribution is 5.58. The molecule has 1 N–H and O–H groups in total. The molecule has 17 heavy (non-hydrogen) atoms. The standard InChI is InChI=1S/C14H17NO2/c1-10(16)8-11(2)17-12(3)14-6-4-13(9-15)5-7-14/h4-7,10-11,16H,3,8H2,1-2H3. The first-order chi connectivity index (χ1) is 8.02. The summed E-state index contributed by atoms with van der Waals surface area (Å²) in [5.41, 5.74) is 1.46. The topological polar surface area (TPSA) is 53.2 Å². The monoisotopic (exact) mass is 231 g/mol. The molecule has 0 aliphatic heterocycles. The van der Waals surface area contributed by atoms with Crippen molar-refractivity contribution in [1.82, 2.24) is 0 Å². The Morgan fingerprint density at radius 2 is 2.00 bits per heavy atom. The molecule has 2 unspecified atom stereocenters. The van der Waals surface area contributed by atoms with Gasteiger partial charge in [0.25, 0.3) is 0 Å². The van der Waals surface area contributed by atoms with Crippen LogP contribution in [0.5, 0.6) is 0 Å². The number of aliphatic hydroxyl groups excluding tert-OH is 1. The Balaban J connectivity index is 2.61. The van der Waals surface area contributed by atoms with Gasteiger partial charge in [0.05, 0.1) is 23.8 Å². The lowest BCUT2D eigenvalue weighted by molar-refractivity contribution is 0.0996. The summed E-state index contributed by atoms with van der Waals surface area (Å²) in [6.07, 6.45) is 0.0897. The van der Waals surface area contributed by atoms with Crippen molar-refractivity contribution in [1.29, 1.82) is 5.26 Å². The fraction of sp³-hybridized carbons (Fsp3) is 0.357. The number of aliphatic hydroxyl groups is 1. The zero-order chi connectivity index (χ0) is 12.8. The summed E-state index contributed by atoms with van der Waals surface area (Å²) in [5.74, 6) is 0.558. The second-order valence-electron chi connectivity index (χ2n) is 4.13. The number of benzene rings is 1. The van der Waals surface area contributed by atoms with Crippen LogP contribution in [0.4, 0.5) is 0 Å². The van der Waals surface area contributed by atoms with Crippen molar-refractivity contribution in [2.75, 3.05) is 0 Å². The molecule has 1 aromatic rings. The number of nitriles is 1. The Bertz CT molecular complexity index is 415. The molecule has 0 saturated heterocycles. The minimum atomic E-state index is -0.390. The zero-order valence-electron chi connectivity index (χ0n) is 10.2. The van der Waals surface area contributed by atoms with Crippen LogP contribution in [0.25, 0.3) is 5.76 Å². The summed E-state index contributed by atoms with van der Waals surface area (Å²) in [6, 6.07) is 9.11. The molecule has 0 aromatic heterocycles. The zero-order valence-corrected chi connectivity index (χ0v) is 10.2. The molecule has 3 heteroatoms. The molecule has 0 amide bonds. The van der Waals surface area contributed by atoms with Crippen molar-refractivity contribution in [2.24, 2.45) is 0 Å². The molecule has 1 rings (SSSR count). The van der Waals surface area contributed by atoms with Gasteiger partial charge < -0.3 is 9.84 Å². The molecule has 0 bridgehead atoms. The first-order valence-electron chi connectivity index (χ1n) is 5.57. The van der Waals surface area contributed by atoms with Crippen LogP contribution in [-0.2, 0) is 4.74 Å². The average molecular weight is 231 g/mol. The van der Waals surface area contributed by atoms with Gasteiger partial charge in [0.1, 0.15) is 5.76 Å². The molecule has 0 aliphatic rings. The van der Waals surface area contributed by atoms with Gasteiger partial charge in [0.2, 0.25) is 0 Å². The first kappa shape index (κ1) is 13.3. The molecule has 0 spiro atoms. The van der Waals surface area contributed by atoms with Crippen LogP contribution in [0.15, 0.2) is 30.8 Å². The van der Waals surface area contributed by atoms with Gasteiger partial charge in [-0.1, -0.05) is 6.58 Å². The second-order valence-corrected chi connectivity index (χ2v) is 4.13. The number of hydrogen-bond acceptors (Lipinski definition) is 3. The number of hydrogen-bond donors (Lipinski definition) is 1. The lowest BCUT2D eigenvalue weighted by Crippen LogP contribution is -2.14. The van der Waals surface area contributed by atoms with Crippen LogP contribution < -0.4 is 0 Å². The van der Waals surface area contributed by atoms with Crippen LogP contribution in [0.3, 0.4) is 0 Å². The van der Waals surface area contributed by atoms with E-state index in [2.05, 4.69) is 12.6 Å². The Labute approximate surface area is 102 Å². The Morgan fingerprint density at radius 3 is 2.47 bits per heavy atom. The largest absolute Gasteiger partial charge is 0.491 e. The molecule has 0 heterocycles. The third-order valence-corrected chi connectivity index (χ3v) is 2.35. The van der Waals surface area contributed by atoms with Gasteiger partial charge in [-0.25, -0.2) is 0 Å². The van der Waals surface area contributed by atoms with Crippen molar-refractivity contribution in [3.63, 3.8) is 0 Å². The first-order valence-corrected chi connectivity index (χ1v) is 5.57. The normalized spacial score (nSPS) is 13.5. The third-order valence-electron chi connectivity index (χ3n) is 2.35. The number of rotatable bonds is 5. The van der Waals surface area contributed by atoms with Crippen LogP contribution in [0.2, 0.25) is 0 Å². The SMILES string of the molecule is C=C(OC(C)CC(C)O)c1ccc(C#N)cc1. The van der Waals surface area contributed by atoms with Crippen molar-refractivity contribution in [3.05, 3.63) is 42.0 Å². The molecular formula is C14H17NO2. The van der Waals surface area contributed by atoms with E-state index in [1.54, 1.807) is 31.2 Å². The smallest absolute Gasteiger partial charge is 0.119 e. The van der Waals surface area contributed by atoms with E-state index in [1.165, 1.54) is 0 Å². The molecule has 1 aromatic carbocycles. The van der Waals surface area contributed by atoms with E-state index in [1.807, 2.05) is 6.92 Å². The number of ether oxygens (including phenoxy) is 1. The Kier molecular flexibility index (Phi) is 4.74. The number of nitrogens with zero attached hydrogens (tertiary/aromatic N) is 1. The van der Waals surface area contributed by atoms with E-state index < -0.39 is 6.10 Å². The molecule has 0 radical (unpaired) electrons. The molecule has 3 nitrogen and oxygen atoms in total. The lowest BCUT2D eigenvalue weighted by Gasteiger charge is -2.17. The predicted molar refractivity (Wildman–Crippen MR) is 67.0 cm³/mol. The summed E-state index contributed by atoms with van der Waals surface area (Å²) >= 11 is 0. The molecule has 90 valence electrons. The highest BCUT2D eigenvalue weighted by Gasteiger charge is 2.09. The molecule has 0 fully saturated rings. The minimum absolute atomic E-state index is 0.0851. The van der Waals surface area contributed by atoms with E-state index in [-0.39, 0.29) is 6.10 Å². The molecule has 2 atom stereocenters. The van der Waals surface area contributed by atoms with Gasteiger partial charge in [-0.3, -0.25) is 0 Å². The van der Waals surface area contributed by atoms with Gasteiger partial charge in [-0.05, 0) is 38.1 Å². The highest BCUT2D eigenvalue weighted by Crippen LogP contribution is 2.18. The van der Waals surface area contributed by atoms with E-state index in [9.17, 15) is 5.11 Å². The van der Waals surface area contributed by atoms with E-state index in [0.717, 1.165) is 5.56 Å².